The van der Waals surface area contributed by atoms with Gasteiger partial charge < -0.3 is 29.8 Å². The highest BCUT2D eigenvalue weighted by Gasteiger charge is 2.38. The van der Waals surface area contributed by atoms with Gasteiger partial charge in [0.1, 0.15) is 23.4 Å². The van der Waals surface area contributed by atoms with Gasteiger partial charge in [0.25, 0.3) is 0 Å². The summed E-state index contributed by atoms with van der Waals surface area (Å²) in [5.74, 6) is -1.44. The lowest BCUT2D eigenvalue weighted by molar-refractivity contribution is -0.159. The number of nitrogens with one attached hydrogen (secondary N) is 1. The van der Waals surface area contributed by atoms with Crippen LogP contribution in [0.3, 0.4) is 0 Å². The van der Waals surface area contributed by atoms with Crippen LogP contribution in [0.2, 0.25) is 0 Å². The molecule has 0 aliphatic carbocycles. The lowest BCUT2D eigenvalue weighted by atomic mass is 10.1. The maximum atomic E-state index is 12.7. The first kappa shape index (κ1) is 22.9. The highest BCUT2D eigenvalue weighted by Crippen LogP contribution is 2.27. The quantitative estimate of drug-likeness (QED) is 0.207. The molecule has 2 amide bonds. The predicted molar refractivity (Wildman–Crippen MR) is 114 cm³/mol. The Hall–Kier alpha value is -3.82. The number of carboxylic acid groups (broad SMARTS) is 1. The van der Waals surface area contributed by atoms with E-state index in [0.29, 0.717) is 49.6 Å². The van der Waals surface area contributed by atoms with Crippen molar-refractivity contribution in [2.75, 3.05) is 26.2 Å². The van der Waals surface area contributed by atoms with E-state index >= 15 is 0 Å². The zero-order valence-electron chi connectivity index (χ0n) is 17.5. The summed E-state index contributed by atoms with van der Waals surface area (Å²) >= 11 is 0. The second kappa shape index (κ2) is 10.5. The van der Waals surface area contributed by atoms with Gasteiger partial charge in [0.2, 0.25) is 0 Å². The van der Waals surface area contributed by atoms with Crippen LogP contribution in [0.4, 0.5) is 0 Å². The van der Waals surface area contributed by atoms with Crippen LogP contribution < -0.4 is 10.5 Å². The number of carbonyl (C=O) groups is 3. The maximum absolute atomic E-state index is 12.7. The van der Waals surface area contributed by atoms with E-state index in [1.165, 1.54) is 16.1 Å². The van der Waals surface area contributed by atoms with Gasteiger partial charge in [-0.05, 0) is 49.2 Å². The first-order valence-corrected chi connectivity index (χ1v) is 10.3. The molecule has 32 heavy (non-hydrogen) atoms. The van der Waals surface area contributed by atoms with Crippen LogP contribution in [0.1, 0.15) is 36.6 Å². The van der Waals surface area contributed by atoms with Crippen LogP contribution in [0.25, 0.3) is 0 Å². The van der Waals surface area contributed by atoms with Gasteiger partial charge in [-0.2, -0.15) is 0 Å². The van der Waals surface area contributed by atoms with Gasteiger partial charge in [-0.3, -0.25) is 19.8 Å². The van der Waals surface area contributed by atoms with Crippen LogP contribution in [0.15, 0.2) is 47.1 Å². The Bertz CT molecular complexity index is 957. The molecule has 2 heterocycles. The molecule has 1 aliphatic rings. The van der Waals surface area contributed by atoms with Crippen molar-refractivity contribution in [3.63, 3.8) is 0 Å². The van der Waals surface area contributed by atoms with E-state index in [2.05, 4.69) is 0 Å². The standard InChI is InChI=1S/C22H26N4O6/c23-20(24)15-5-7-16(8-6-15)31-12-2-1-9-25-10-11-26(22(30)21(25)29)17(14-19(27)28)18-4-3-13-32-18/h3-8,13,17H,1-2,9-12,14H2,(H3,23,24)(H,27,28). The molecular formula is C22H26N4O6. The summed E-state index contributed by atoms with van der Waals surface area (Å²) in [6.45, 7) is 1.42. The van der Waals surface area contributed by atoms with E-state index in [1.807, 2.05) is 0 Å². The Kier molecular flexibility index (Phi) is 7.48. The normalized spacial score (nSPS) is 15.0. The van der Waals surface area contributed by atoms with Gasteiger partial charge in [-0.15, -0.1) is 0 Å². The van der Waals surface area contributed by atoms with Crippen LogP contribution in [0, 0.1) is 5.41 Å². The molecule has 0 radical (unpaired) electrons. The molecule has 1 saturated heterocycles. The topological polar surface area (TPSA) is 150 Å². The number of hydrogen-bond acceptors (Lipinski definition) is 6. The summed E-state index contributed by atoms with van der Waals surface area (Å²) in [5, 5.41) is 16.6. The molecule has 10 nitrogen and oxygen atoms in total. The van der Waals surface area contributed by atoms with Crippen LogP contribution in [-0.4, -0.2) is 64.8 Å². The molecule has 0 bridgehead atoms. The summed E-state index contributed by atoms with van der Waals surface area (Å²) in [6.07, 6.45) is 2.41. The third kappa shape index (κ3) is 5.65. The van der Waals surface area contributed by atoms with E-state index in [1.54, 1.807) is 36.4 Å². The SMILES string of the molecule is N=C(N)c1ccc(OCCCCN2CCN(C(CC(=O)O)c3ccco3)C(=O)C2=O)cc1. The van der Waals surface area contributed by atoms with Crippen molar-refractivity contribution in [3.8, 4) is 5.75 Å². The summed E-state index contributed by atoms with van der Waals surface area (Å²) in [6, 6.07) is 9.31. The van der Waals surface area contributed by atoms with Crippen LogP contribution >= 0.6 is 0 Å². The third-order valence-corrected chi connectivity index (χ3v) is 5.21. The number of nitrogen functional groups attached to an aromatic ring is 1. The number of hydrogen-bond donors (Lipinski definition) is 3. The average Bonchev–Trinajstić information content (AvgIpc) is 3.30. The van der Waals surface area contributed by atoms with Gasteiger partial charge in [0.15, 0.2) is 0 Å². The number of rotatable bonds is 11. The van der Waals surface area contributed by atoms with Gasteiger partial charge in [-0.1, -0.05) is 0 Å². The Morgan fingerprint density at radius 2 is 1.91 bits per heavy atom. The third-order valence-electron chi connectivity index (χ3n) is 5.21. The van der Waals surface area contributed by atoms with E-state index in [-0.39, 0.29) is 18.8 Å². The summed E-state index contributed by atoms with van der Waals surface area (Å²) in [4.78, 5) is 39.2. The first-order valence-electron chi connectivity index (χ1n) is 10.3. The first-order chi connectivity index (χ1) is 15.4. The molecule has 0 spiro atoms. The highest BCUT2D eigenvalue weighted by molar-refractivity contribution is 6.35. The minimum atomic E-state index is -1.08. The number of carbonyl (C=O) groups excluding carboxylic acids is 2. The number of carboxylic acids is 1. The number of amidine groups is 1. The fraction of sp³-hybridized carbons (Fsp3) is 0.364. The second-order valence-electron chi connectivity index (χ2n) is 7.41. The number of benzene rings is 1. The Morgan fingerprint density at radius 1 is 1.16 bits per heavy atom. The molecule has 170 valence electrons. The van der Waals surface area contributed by atoms with Crippen molar-refractivity contribution < 1.29 is 28.6 Å². The molecule has 3 rings (SSSR count). The number of nitrogens with two attached hydrogens (primary N) is 1. The summed E-state index contributed by atoms with van der Waals surface area (Å²) in [7, 11) is 0. The van der Waals surface area contributed by atoms with E-state index in [4.69, 9.17) is 20.3 Å². The lowest BCUT2D eigenvalue weighted by Crippen LogP contribution is -2.55. The average molecular weight is 442 g/mol. The molecule has 1 fully saturated rings. The van der Waals surface area contributed by atoms with Gasteiger partial charge in [0, 0.05) is 25.2 Å². The number of ether oxygens (including phenoxy) is 1. The predicted octanol–water partition coefficient (Wildman–Crippen LogP) is 1.61. The van der Waals surface area contributed by atoms with E-state index in [9.17, 15) is 19.5 Å². The Balaban J connectivity index is 1.46. The molecule has 2 aromatic rings. The smallest absolute Gasteiger partial charge is 0.312 e. The summed E-state index contributed by atoms with van der Waals surface area (Å²) in [5.41, 5.74) is 6.04. The van der Waals surface area contributed by atoms with Crippen molar-refractivity contribution in [1.82, 2.24) is 9.80 Å². The van der Waals surface area contributed by atoms with Crippen molar-refractivity contribution in [2.24, 2.45) is 5.73 Å². The van der Waals surface area contributed by atoms with E-state index < -0.39 is 23.8 Å². The lowest BCUT2D eigenvalue weighted by Gasteiger charge is -2.37. The molecule has 4 N–H and O–H groups in total. The number of aliphatic carboxylic acids is 1. The minimum Gasteiger partial charge on any atom is -0.494 e. The number of piperazine rings is 1. The van der Waals surface area contributed by atoms with Gasteiger partial charge in [0.05, 0.1) is 19.3 Å². The van der Waals surface area contributed by atoms with Crippen molar-refractivity contribution in [1.29, 1.82) is 5.41 Å². The molecule has 0 saturated carbocycles. The fourth-order valence-corrected chi connectivity index (χ4v) is 3.54. The van der Waals surface area contributed by atoms with Crippen molar-refractivity contribution >= 4 is 23.6 Å². The second-order valence-corrected chi connectivity index (χ2v) is 7.41. The van der Waals surface area contributed by atoms with Crippen molar-refractivity contribution in [3.05, 3.63) is 54.0 Å². The van der Waals surface area contributed by atoms with Gasteiger partial charge in [-0.25, -0.2) is 0 Å². The largest absolute Gasteiger partial charge is 0.494 e. The molecule has 1 aromatic carbocycles. The molecule has 1 aliphatic heterocycles. The van der Waals surface area contributed by atoms with E-state index in [0.717, 1.165) is 0 Å². The number of unbranched alkanes of at least 4 members (excludes halogenated alkanes) is 1. The van der Waals surface area contributed by atoms with Gasteiger partial charge >= 0.3 is 17.8 Å². The Labute approximate surface area is 185 Å². The fourth-order valence-electron chi connectivity index (χ4n) is 3.54. The molecular weight excluding hydrogens is 416 g/mol. The zero-order chi connectivity index (χ0) is 23.1. The molecule has 1 atom stereocenters. The Morgan fingerprint density at radius 3 is 2.53 bits per heavy atom. The van der Waals surface area contributed by atoms with Crippen molar-refractivity contribution in [2.45, 2.75) is 25.3 Å². The number of amides is 2. The summed E-state index contributed by atoms with van der Waals surface area (Å²) < 4.78 is 10.9. The molecule has 1 unspecified atom stereocenters. The van der Waals surface area contributed by atoms with Crippen LogP contribution in [-0.2, 0) is 14.4 Å². The maximum Gasteiger partial charge on any atom is 0.312 e. The monoisotopic (exact) mass is 442 g/mol. The molecule has 10 heteroatoms. The zero-order valence-corrected chi connectivity index (χ0v) is 17.5. The van der Waals surface area contributed by atoms with Crippen LogP contribution in [0.5, 0.6) is 5.75 Å². The minimum absolute atomic E-state index is 0.00528. The highest BCUT2D eigenvalue weighted by atomic mass is 16.5. The number of nitrogens with zero attached hydrogens (tertiary/aromatic N) is 2. The number of furan rings is 1. The molecule has 1 aromatic heterocycles.